The quantitative estimate of drug-likeness (QED) is 0.820. The van der Waals surface area contributed by atoms with Crippen LogP contribution in [0.1, 0.15) is 18.4 Å². The number of ether oxygens (including phenoxy) is 1. The van der Waals surface area contributed by atoms with Crippen molar-refractivity contribution in [3.63, 3.8) is 0 Å². The SMILES string of the molecule is O=C(N[C@H](CCc1ccccc1)C(=O)O)[C@@H]1CCOC1. The summed E-state index contributed by atoms with van der Waals surface area (Å²) in [6, 6.07) is 8.80. The Morgan fingerprint density at radius 3 is 2.70 bits per heavy atom. The minimum absolute atomic E-state index is 0.214. The zero-order valence-electron chi connectivity index (χ0n) is 11.2. The number of carboxylic acids is 1. The Hall–Kier alpha value is -1.88. The number of carbonyl (C=O) groups is 2. The van der Waals surface area contributed by atoms with Crippen molar-refractivity contribution in [3.8, 4) is 0 Å². The van der Waals surface area contributed by atoms with Crippen LogP contribution in [0.25, 0.3) is 0 Å². The van der Waals surface area contributed by atoms with Gasteiger partial charge in [0.1, 0.15) is 6.04 Å². The molecule has 0 bridgehead atoms. The van der Waals surface area contributed by atoms with E-state index in [2.05, 4.69) is 5.32 Å². The van der Waals surface area contributed by atoms with Gasteiger partial charge in [0.2, 0.25) is 5.91 Å². The molecule has 1 aliphatic heterocycles. The topological polar surface area (TPSA) is 75.6 Å². The van der Waals surface area contributed by atoms with Gasteiger partial charge < -0.3 is 15.2 Å². The molecule has 0 radical (unpaired) electrons. The first-order valence-corrected chi connectivity index (χ1v) is 6.81. The molecule has 0 unspecified atom stereocenters. The van der Waals surface area contributed by atoms with Gasteiger partial charge in [0, 0.05) is 6.61 Å². The Labute approximate surface area is 117 Å². The molecular formula is C15H19NO4. The summed E-state index contributed by atoms with van der Waals surface area (Å²) in [5.74, 6) is -1.43. The smallest absolute Gasteiger partial charge is 0.326 e. The predicted molar refractivity (Wildman–Crippen MR) is 73.3 cm³/mol. The fourth-order valence-electron chi connectivity index (χ4n) is 2.24. The van der Waals surface area contributed by atoms with Gasteiger partial charge in [0.05, 0.1) is 12.5 Å². The minimum Gasteiger partial charge on any atom is -0.480 e. The van der Waals surface area contributed by atoms with Crippen molar-refractivity contribution in [2.24, 2.45) is 5.92 Å². The minimum atomic E-state index is -0.992. The molecule has 2 atom stereocenters. The number of hydrogen-bond donors (Lipinski definition) is 2. The second-order valence-electron chi connectivity index (χ2n) is 4.98. The molecule has 1 aromatic carbocycles. The van der Waals surface area contributed by atoms with Crippen LogP contribution in [-0.2, 0) is 20.7 Å². The number of carboxylic acid groups (broad SMARTS) is 1. The standard InChI is InChI=1S/C15H19NO4/c17-14(12-8-9-20-10-12)16-13(15(18)19)7-6-11-4-2-1-3-5-11/h1-5,12-13H,6-10H2,(H,16,17)(H,18,19)/t12-,13-/m1/s1. The van der Waals surface area contributed by atoms with E-state index in [0.717, 1.165) is 5.56 Å². The van der Waals surface area contributed by atoms with Gasteiger partial charge in [0.25, 0.3) is 0 Å². The average Bonchev–Trinajstić information content (AvgIpc) is 2.98. The van der Waals surface area contributed by atoms with Gasteiger partial charge in [0.15, 0.2) is 0 Å². The lowest BCUT2D eigenvalue weighted by molar-refractivity contribution is -0.142. The van der Waals surface area contributed by atoms with Crippen LogP contribution in [0.2, 0.25) is 0 Å². The number of aryl methyl sites for hydroxylation is 1. The van der Waals surface area contributed by atoms with Gasteiger partial charge in [-0.25, -0.2) is 4.79 Å². The van der Waals surface area contributed by atoms with Crippen LogP contribution in [-0.4, -0.2) is 36.2 Å². The molecule has 1 amide bonds. The van der Waals surface area contributed by atoms with Crippen molar-refractivity contribution in [1.29, 1.82) is 0 Å². The molecule has 0 spiro atoms. The van der Waals surface area contributed by atoms with E-state index in [1.807, 2.05) is 30.3 Å². The lowest BCUT2D eigenvalue weighted by Gasteiger charge is -2.16. The number of aliphatic carboxylic acids is 1. The van der Waals surface area contributed by atoms with Crippen molar-refractivity contribution in [1.82, 2.24) is 5.32 Å². The first-order chi connectivity index (χ1) is 9.66. The summed E-state index contributed by atoms with van der Waals surface area (Å²) in [7, 11) is 0. The van der Waals surface area contributed by atoms with E-state index in [1.54, 1.807) is 0 Å². The number of carbonyl (C=O) groups excluding carboxylic acids is 1. The van der Waals surface area contributed by atoms with Crippen LogP contribution < -0.4 is 5.32 Å². The molecule has 1 fully saturated rings. The third kappa shape index (κ3) is 4.06. The fourth-order valence-corrected chi connectivity index (χ4v) is 2.24. The van der Waals surface area contributed by atoms with E-state index < -0.39 is 12.0 Å². The zero-order chi connectivity index (χ0) is 14.4. The number of hydrogen-bond acceptors (Lipinski definition) is 3. The van der Waals surface area contributed by atoms with Crippen LogP contribution in [0, 0.1) is 5.92 Å². The second kappa shape index (κ2) is 7.05. The summed E-state index contributed by atoms with van der Waals surface area (Å²) in [6.45, 7) is 0.955. The maximum absolute atomic E-state index is 11.9. The number of rotatable bonds is 6. The molecule has 1 aliphatic rings. The van der Waals surface area contributed by atoms with E-state index in [0.29, 0.717) is 32.5 Å². The zero-order valence-corrected chi connectivity index (χ0v) is 11.2. The van der Waals surface area contributed by atoms with Crippen molar-refractivity contribution >= 4 is 11.9 Å². The van der Waals surface area contributed by atoms with E-state index in [-0.39, 0.29) is 11.8 Å². The highest BCUT2D eigenvalue weighted by molar-refractivity contribution is 5.85. The molecule has 20 heavy (non-hydrogen) atoms. The van der Waals surface area contributed by atoms with Crippen LogP contribution in [0.15, 0.2) is 30.3 Å². The molecule has 0 aromatic heterocycles. The molecule has 5 nitrogen and oxygen atoms in total. The normalized spacial score (nSPS) is 19.5. The molecule has 1 heterocycles. The summed E-state index contributed by atoms with van der Waals surface area (Å²) in [4.78, 5) is 23.1. The fraction of sp³-hybridized carbons (Fsp3) is 0.467. The largest absolute Gasteiger partial charge is 0.480 e. The highest BCUT2D eigenvalue weighted by Gasteiger charge is 2.27. The van der Waals surface area contributed by atoms with E-state index in [4.69, 9.17) is 4.74 Å². The van der Waals surface area contributed by atoms with E-state index in [1.165, 1.54) is 0 Å². The molecule has 108 valence electrons. The molecule has 5 heteroatoms. The van der Waals surface area contributed by atoms with Crippen molar-refractivity contribution in [2.45, 2.75) is 25.3 Å². The lowest BCUT2D eigenvalue weighted by Crippen LogP contribution is -2.44. The number of nitrogens with one attached hydrogen (secondary N) is 1. The van der Waals surface area contributed by atoms with Crippen LogP contribution in [0.4, 0.5) is 0 Å². The molecular weight excluding hydrogens is 258 g/mol. The van der Waals surface area contributed by atoms with Crippen molar-refractivity contribution in [2.75, 3.05) is 13.2 Å². The lowest BCUT2D eigenvalue weighted by atomic mass is 10.0. The molecule has 2 rings (SSSR count). The van der Waals surface area contributed by atoms with E-state index in [9.17, 15) is 14.7 Å². The van der Waals surface area contributed by atoms with Gasteiger partial charge in [-0.15, -0.1) is 0 Å². The number of benzene rings is 1. The first-order valence-electron chi connectivity index (χ1n) is 6.81. The van der Waals surface area contributed by atoms with Crippen LogP contribution >= 0.6 is 0 Å². The van der Waals surface area contributed by atoms with Gasteiger partial charge in [-0.2, -0.15) is 0 Å². The van der Waals surface area contributed by atoms with E-state index >= 15 is 0 Å². The summed E-state index contributed by atoms with van der Waals surface area (Å²) < 4.78 is 5.14. The van der Waals surface area contributed by atoms with Gasteiger partial charge in [-0.1, -0.05) is 30.3 Å². The maximum atomic E-state index is 11.9. The third-order valence-electron chi connectivity index (χ3n) is 3.48. The summed E-state index contributed by atoms with van der Waals surface area (Å²) >= 11 is 0. The maximum Gasteiger partial charge on any atom is 0.326 e. The predicted octanol–water partition coefficient (Wildman–Crippen LogP) is 1.23. The first kappa shape index (κ1) is 14.5. The number of amides is 1. The summed E-state index contributed by atoms with van der Waals surface area (Å²) in [5, 5.41) is 11.8. The highest BCUT2D eigenvalue weighted by Crippen LogP contribution is 2.13. The summed E-state index contributed by atoms with van der Waals surface area (Å²) in [6.07, 6.45) is 1.68. The Morgan fingerprint density at radius 1 is 1.35 bits per heavy atom. The monoisotopic (exact) mass is 277 g/mol. The van der Waals surface area contributed by atoms with Gasteiger partial charge in [-0.3, -0.25) is 4.79 Å². The second-order valence-corrected chi connectivity index (χ2v) is 4.98. The average molecular weight is 277 g/mol. The Kier molecular flexibility index (Phi) is 5.12. The Morgan fingerprint density at radius 2 is 2.10 bits per heavy atom. The Bertz CT molecular complexity index is 454. The molecule has 1 saturated heterocycles. The molecule has 1 aromatic rings. The molecule has 2 N–H and O–H groups in total. The Balaban J connectivity index is 1.87. The highest BCUT2D eigenvalue weighted by atomic mass is 16.5. The molecule has 0 aliphatic carbocycles. The van der Waals surface area contributed by atoms with Crippen LogP contribution in [0.3, 0.4) is 0 Å². The van der Waals surface area contributed by atoms with Crippen molar-refractivity contribution in [3.05, 3.63) is 35.9 Å². The van der Waals surface area contributed by atoms with Gasteiger partial charge >= 0.3 is 5.97 Å². The third-order valence-corrected chi connectivity index (χ3v) is 3.48. The van der Waals surface area contributed by atoms with Crippen LogP contribution in [0.5, 0.6) is 0 Å². The molecule has 0 saturated carbocycles. The van der Waals surface area contributed by atoms with Gasteiger partial charge in [-0.05, 0) is 24.8 Å². The summed E-state index contributed by atoms with van der Waals surface area (Å²) in [5.41, 5.74) is 1.07. The van der Waals surface area contributed by atoms with Crippen molar-refractivity contribution < 1.29 is 19.4 Å².